The van der Waals surface area contributed by atoms with Gasteiger partial charge in [-0.05, 0) is 26.0 Å². The number of nitrogens with one attached hydrogen (secondary N) is 1. The smallest absolute Gasteiger partial charge is 0.273 e. The van der Waals surface area contributed by atoms with Crippen molar-refractivity contribution < 1.29 is 14.5 Å². The highest BCUT2D eigenvalue weighted by Crippen LogP contribution is 2.29. The molecular weight excluding hydrogens is 310 g/mol. The Balaban J connectivity index is 1.97. The predicted octanol–water partition coefficient (Wildman–Crippen LogP) is 3.20. The van der Waals surface area contributed by atoms with Crippen LogP contribution in [0.3, 0.4) is 0 Å². The minimum atomic E-state index is -0.492. The van der Waals surface area contributed by atoms with Gasteiger partial charge < -0.3 is 10.1 Å². The minimum Gasteiger partial charge on any atom is -0.494 e. The summed E-state index contributed by atoms with van der Waals surface area (Å²) in [7, 11) is 3.40. The highest BCUT2D eigenvalue weighted by Gasteiger charge is 2.20. The highest BCUT2D eigenvalue weighted by molar-refractivity contribution is 5.93. The molecule has 7 nitrogen and oxygen atoms in total. The van der Waals surface area contributed by atoms with Crippen molar-refractivity contribution in [2.24, 2.45) is 0 Å². The van der Waals surface area contributed by atoms with Crippen LogP contribution in [-0.2, 0) is 4.79 Å². The van der Waals surface area contributed by atoms with E-state index in [1.807, 2.05) is 7.05 Å². The number of hydrogen-bond donors (Lipinski definition) is 1. The molecule has 24 heavy (non-hydrogen) atoms. The van der Waals surface area contributed by atoms with Crippen molar-refractivity contribution in [3.8, 4) is 5.75 Å². The first kappa shape index (κ1) is 18.2. The molecule has 1 aromatic rings. The normalized spacial score (nSPS) is 15.8. The lowest BCUT2D eigenvalue weighted by Gasteiger charge is -2.26. The standard InChI is InChI=1S/C17H25N3O4/c1-19(13-7-5-3-4-6-8-13)12-17(21)18-15-10-9-14(20(22)23)11-16(15)24-2/h9-11,13H,3-8,12H2,1-2H3,(H,18,21). The van der Waals surface area contributed by atoms with Crippen LogP contribution in [0.5, 0.6) is 5.75 Å². The molecule has 0 bridgehead atoms. The summed E-state index contributed by atoms with van der Waals surface area (Å²) in [6.07, 6.45) is 7.24. The summed E-state index contributed by atoms with van der Waals surface area (Å²) in [6, 6.07) is 4.61. The van der Waals surface area contributed by atoms with E-state index in [0.29, 0.717) is 18.3 Å². The molecule has 2 rings (SSSR count). The van der Waals surface area contributed by atoms with E-state index in [1.165, 1.54) is 51.0 Å². The van der Waals surface area contributed by atoms with E-state index < -0.39 is 4.92 Å². The van der Waals surface area contributed by atoms with Crippen LogP contribution in [0.4, 0.5) is 11.4 Å². The molecule has 1 aromatic carbocycles. The fraction of sp³-hybridized carbons (Fsp3) is 0.588. The summed E-state index contributed by atoms with van der Waals surface area (Å²) in [4.78, 5) is 24.7. The van der Waals surface area contributed by atoms with E-state index in [9.17, 15) is 14.9 Å². The Morgan fingerprint density at radius 1 is 1.33 bits per heavy atom. The zero-order chi connectivity index (χ0) is 17.5. The van der Waals surface area contributed by atoms with Gasteiger partial charge in [-0.3, -0.25) is 19.8 Å². The number of non-ortho nitro benzene ring substituents is 1. The molecule has 1 fully saturated rings. The zero-order valence-electron chi connectivity index (χ0n) is 14.3. The second-order valence-electron chi connectivity index (χ2n) is 6.25. The first-order chi connectivity index (χ1) is 11.5. The number of hydrogen-bond acceptors (Lipinski definition) is 5. The Labute approximate surface area is 142 Å². The number of benzene rings is 1. The Morgan fingerprint density at radius 3 is 2.58 bits per heavy atom. The van der Waals surface area contributed by atoms with E-state index in [2.05, 4.69) is 10.2 Å². The first-order valence-corrected chi connectivity index (χ1v) is 8.33. The molecular formula is C17H25N3O4. The monoisotopic (exact) mass is 335 g/mol. The lowest BCUT2D eigenvalue weighted by atomic mass is 10.1. The molecule has 0 aliphatic heterocycles. The fourth-order valence-corrected chi connectivity index (χ4v) is 3.14. The molecule has 0 spiro atoms. The third-order valence-electron chi connectivity index (χ3n) is 4.51. The molecule has 0 aromatic heterocycles. The molecule has 132 valence electrons. The van der Waals surface area contributed by atoms with Gasteiger partial charge in [-0.1, -0.05) is 25.7 Å². The Hall–Kier alpha value is -2.15. The van der Waals surface area contributed by atoms with E-state index in [1.54, 1.807) is 0 Å². The summed E-state index contributed by atoms with van der Waals surface area (Å²) < 4.78 is 5.14. The van der Waals surface area contributed by atoms with Gasteiger partial charge in [0, 0.05) is 12.1 Å². The van der Waals surface area contributed by atoms with Crippen LogP contribution in [-0.4, -0.2) is 42.5 Å². The quantitative estimate of drug-likeness (QED) is 0.490. The van der Waals surface area contributed by atoms with Gasteiger partial charge in [-0.15, -0.1) is 0 Å². The SMILES string of the molecule is COc1cc([N+](=O)[O-])ccc1NC(=O)CN(C)C1CCCCCC1. The van der Waals surface area contributed by atoms with E-state index in [0.717, 1.165) is 12.8 Å². The average molecular weight is 335 g/mol. The molecule has 1 saturated carbocycles. The van der Waals surface area contributed by atoms with Gasteiger partial charge in [-0.2, -0.15) is 0 Å². The van der Waals surface area contributed by atoms with Crippen LogP contribution in [0, 0.1) is 10.1 Å². The number of nitro benzene ring substituents is 1. The number of carbonyl (C=O) groups excluding carboxylic acids is 1. The van der Waals surface area contributed by atoms with Gasteiger partial charge in [0.25, 0.3) is 5.69 Å². The molecule has 0 heterocycles. The van der Waals surface area contributed by atoms with Gasteiger partial charge in [0.1, 0.15) is 5.75 Å². The summed E-state index contributed by atoms with van der Waals surface area (Å²) in [5.74, 6) is 0.142. The number of nitro groups is 1. The van der Waals surface area contributed by atoms with E-state index in [-0.39, 0.29) is 17.3 Å². The number of carbonyl (C=O) groups is 1. The Bertz CT molecular complexity index is 583. The van der Waals surface area contributed by atoms with Crippen LogP contribution in [0.15, 0.2) is 18.2 Å². The first-order valence-electron chi connectivity index (χ1n) is 8.33. The molecule has 0 atom stereocenters. The van der Waals surface area contributed by atoms with E-state index >= 15 is 0 Å². The van der Waals surface area contributed by atoms with Crippen LogP contribution in [0.25, 0.3) is 0 Å². The molecule has 0 radical (unpaired) electrons. The zero-order valence-corrected chi connectivity index (χ0v) is 14.3. The number of ether oxygens (including phenoxy) is 1. The van der Waals surface area contributed by atoms with Gasteiger partial charge >= 0.3 is 0 Å². The Morgan fingerprint density at radius 2 is 2.00 bits per heavy atom. The number of rotatable bonds is 6. The molecule has 1 aliphatic carbocycles. The largest absolute Gasteiger partial charge is 0.494 e. The second-order valence-corrected chi connectivity index (χ2v) is 6.25. The van der Waals surface area contributed by atoms with Crippen molar-refractivity contribution in [1.82, 2.24) is 4.90 Å². The summed E-state index contributed by atoms with van der Waals surface area (Å²) in [5.41, 5.74) is 0.378. The molecule has 1 aliphatic rings. The fourth-order valence-electron chi connectivity index (χ4n) is 3.14. The van der Waals surface area contributed by atoms with Crippen molar-refractivity contribution in [2.45, 2.75) is 44.6 Å². The number of amides is 1. The maximum atomic E-state index is 12.3. The third-order valence-corrected chi connectivity index (χ3v) is 4.51. The maximum absolute atomic E-state index is 12.3. The summed E-state index contributed by atoms with van der Waals surface area (Å²) >= 11 is 0. The number of nitrogens with zero attached hydrogens (tertiary/aromatic N) is 2. The molecule has 0 saturated heterocycles. The van der Waals surface area contributed by atoms with Crippen LogP contribution >= 0.6 is 0 Å². The van der Waals surface area contributed by atoms with Crippen molar-refractivity contribution in [1.29, 1.82) is 0 Å². The molecule has 1 N–H and O–H groups in total. The van der Waals surface area contributed by atoms with Gasteiger partial charge in [0.15, 0.2) is 0 Å². The van der Waals surface area contributed by atoms with Crippen LogP contribution in [0.2, 0.25) is 0 Å². The predicted molar refractivity (Wildman–Crippen MR) is 92.4 cm³/mol. The summed E-state index contributed by atoms with van der Waals surface area (Å²) in [6.45, 7) is 0.296. The van der Waals surface area contributed by atoms with Crippen molar-refractivity contribution in [3.63, 3.8) is 0 Å². The highest BCUT2D eigenvalue weighted by atomic mass is 16.6. The molecule has 0 unspecified atom stereocenters. The van der Waals surface area contributed by atoms with Crippen LogP contribution in [0.1, 0.15) is 38.5 Å². The van der Waals surface area contributed by atoms with Crippen LogP contribution < -0.4 is 10.1 Å². The molecule has 1 amide bonds. The lowest BCUT2D eigenvalue weighted by molar-refractivity contribution is -0.384. The maximum Gasteiger partial charge on any atom is 0.273 e. The lowest BCUT2D eigenvalue weighted by Crippen LogP contribution is -2.37. The second kappa shape index (κ2) is 8.63. The number of likely N-dealkylation sites (N-methyl/N-ethyl adjacent to an activating group) is 1. The van der Waals surface area contributed by atoms with Gasteiger partial charge in [0.05, 0.1) is 30.3 Å². The number of anilines is 1. The van der Waals surface area contributed by atoms with Gasteiger partial charge in [0.2, 0.25) is 5.91 Å². The minimum absolute atomic E-state index is 0.0691. The summed E-state index contributed by atoms with van der Waals surface area (Å²) in [5, 5.41) is 13.6. The number of methoxy groups -OCH3 is 1. The van der Waals surface area contributed by atoms with E-state index in [4.69, 9.17) is 4.74 Å². The van der Waals surface area contributed by atoms with Crippen molar-refractivity contribution in [2.75, 3.05) is 26.0 Å². The topological polar surface area (TPSA) is 84.7 Å². The third kappa shape index (κ3) is 4.92. The molecule has 7 heteroatoms. The van der Waals surface area contributed by atoms with Crippen molar-refractivity contribution in [3.05, 3.63) is 28.3 Å². The van der Waals surface area contributed by atoms with Crippen molar-refractivity contribution >= 4 is 17.3 Å². The Kier molecular flexibility index (Phi) is 6.54. The average Bonchev–Trinajstić information content (AvgIpc) is 2.84. The van der Waals surface area contributed by atoms with Gasteiger partial charge in [-0.25, -0.2) is 0 Å².